The number of methoxy groups -OCH3 is 1. The van der Waals surface area contributed by atoms with Crippen LogP contribution in [0.1, 0.15) is 24.1 Å². The van der Waals surface area contributed by atoms with E-state index in [1.165, 1.54) is 18.2 Å². The molecule has 5 heteroatoms. The number of anilines is 1. The Bertz CT molecular complexity index is 634. The summed E-state index contributed by atoms with van der Waals surface area (Å²) in [7, 11) is 1.63. The molecule has 21 heavy (non-hydrogen) atoms. The van der Waals surface area contributed by atoms with Crippen molar-refractivity contribution in [3.05, 3.63) is 57.8 Å². The molecular formula is C16H17BrFNO2. The SMILES string of the molecule is COCc1c(Br)cccc1NC(C)c1cc(F)ccc1O. The van der Waals surface area contributed by atoms with Gasteiger partial charge in [0.05, 0.1) is 12.6 Å². The Hall–Kier alpha value is -1.59. The third-order valence-electron chi connectivity index (χ3n) is 3.24. The van der Waals surface area contributed by atoms with Crippen LogP contribution in [0.5, 0.6) is 5.75 Å². The molecule has 0 saturated heterocycles. The Labute approximate surface area is 131 Å². The van der Waals surface area contributed by atoms with Crippen LogP contribution in [-0.2, 0) is 11.3 Å². The zero-order valence-corrected chi connectivity index (χ0v) is 13.4. The molecule has 1 unspecified atom stereocenters. The molecule has 0 aromatic heterocycles. The van der Waals surface area contributed by atoms with Crippen molar-refractivity contribution in [2.45, 2.75) is 19.6 Å². The molecule has 0 fully saturated rings. The van der Waals surface area contributed by atoms with Gasteiger partial charge in [0.15, 0.2) is 0 Å². The Morgan fingerprint density at radius 3 is 2.81 bits per heavy atom. The number of benzene rings is 2. The number of hydrogen-bond acceptors (Lipinski definition) is 3. The lowest BCUT2D eigenvalue weighted by Gasteiger charge is -2.20. The first-order valence-electron chi connectivity index (χ1n) is 6.54. The fraction of sp³-hybridized carbons (Fsp3) is 0.250. The minimum absolute atomic E-state index is 0.0692. The van der Waals surface area contributed by atoms with E-state index >= 15 is 0 Å². The smallest absolute Gasteiger partial charge is 0.123 e. The third-order valence-corrected chi connectivity index (χ3v) is 3.98. The molecule has 112 valence electrons. The number of aromatic hydroxyl groups is 1. The normalized spacial score (nSPS) is 12.2. The summed E-state index contributed by atoms with van der Waals surface area (Å²) in [6, 6.07) is 9.45. The largest absolute Gasteiger partial charge is 0.508 e. The first-order valence-corrected chi connectivity index (χ1v) is 7.33. The monoisotopic (exact) mass is 353 g/mol. The van der Waals surface area contributed by atoms with Gasteiger partial charge in [-0.05, 0) is 37.3 Å². The minimum atomic E-state index is -0.372. The molecule has 0 aliphatic heterocycles. The van der Waals surface area contributed by atoms with Crippen LogP contribution in [0, 0.1) is 5.82 Å². The standard InChI is InChI=1S/C16H17BrFNO2/c1-10(12-8-11(18)6-7-16(12)20)19-15-5-3-4-14(17)13(15)9-21-2/h3-8,10,19-20H,9H2,1-2H3. The molecule has 0 radical (unpaired) electrons. The van der Waals surface area contributed by atoms with Gasteiger partial charge in [-0.25, -0.2) is 4.39 Å². The predicted molar refractivity (Wildman–Crippen MR) is 85.0 cm³/mol. The van der Waals surface area contributed by atoms with Gasteiger partial charge in [-0.2, -0.15) is 0 Å². The van der Waals surface area contributed by atoms with E-state index in [9.17, 15) is 9.50 Å². The van der Waals surface area contributed by atoms with Crippen LogP contribution in [0.4, 0.5) is 10.1 Å². The van der Waals surface area contributed by atoms with Crippen molar-refractivity contribution in [1.82, 2.24) is 0 Å². The van der Waals surface area contributed by atoms with Gasteiger partial charge in [-0.3, -0.25) is 0 Å². The lowest BCUT2D eigenvalue weighted by Crippen LogP contribution is -2.09. The molecule has 0 amide bonds. The van der Waals surface area contributed by atoms with Crippen molar-refractivity contribution < 1.29 is 14.2 Å². The average molecular weight is 354 g/mol. The highest BCUT2D eigenvalue weighted by molar-refractivity contribution is 9.10. The molecule has 0 saturated carbocycles. The molecule has 2 aromatic carbocycles. The van der Waals surface area contributed by atoms with E-state index in [-0.39, 0.29) is 17.6 Å². The summed E-state index contributed by atoms with van der Waals surface area (Å²) in [6.45, 7) is 2.32. The number of ether oxygens (including phenoxy) is 1. The molecule has 2 aromatic rings. The second-order valence-corrected chi connectivity index (χ2v) is 5.62. The second-order valence-electron chi connectivity index (χ2n) is 4.77. The van der Waals surface area contributed by atoms with Crippen LogP contribution in [0.15, 0.2) is 40.9 Å². The molecule has 0 heterocycles. The number of rotatable bonds is 5. The Morgan fingerprint density at radius 2 is 2.10 bits per heavy atom. The maximum absolute atomic E-state index is 13.3. The van der Waals surface area contributed by atoms with Crippen molar-refractivity contribution in [2.24, 2.45) is 0 Å². The summed E-state index contributed by atoms with van der Waals surface area (Å²) in [5, 5.41) is 13.2. The van der Waals surface area contributed by atoms with Crippen LogP contribution in [0.2, 0.25) is 0 Å². The van der Waals surface area contributed by atoms with Crippen LogP contribution in [-0.4, -0.2) is 12.2 Å². The predicted octanol–water partition coefficient (Wildman–Crippen LogP) is 4.61. The molecule has 0 spiro atoms. The number of halogens is 2. The van der Waals surface area contributed by atoms with Crippen molar-refractivity contribution >= 4 is 21.6 Å². The molecule has 2 N–H and O–H groups in total. The van der Waals surface area contributed by atoms with Gasteiger partial charge in [0, 0.05) is 28.4 Å². The van der Waals surface area contributed by atoms with E-state index in [1.807, 2.05) is 25.1 Å². The van der Waals surface area contributed by atoms with Gasteiger partial charge >= 0.3 is 0 Å². The Kier molecular flexibility index (Phi) is 5.20. The van der Waals surface area contributed by atoms with Crippen LogP contribution >= 0.6 is 15.9 Å². The first-order chi connectivity index (χ1) is 10.0. The van der Waals surface area contributed by atoms with Gasteiger partial charge in [0.1, 0.15) is 11.6 Å². The lowest BCUT2D eigenvalue weighted by atomic mass is 10.1. The van der Waals surface area contributed by atoms with Crippen LogP contribution in [0.25, 0.3) is 0 Å². The molecular weight excluding hydrogens is 337 g/mol. The lowest BCUT2D eigenvalue weighted by molar-refractivity contribution is 0.185. The molecule has 2 rings (SSSR count). The van der Waals surface area contributed by atoms with Crippen molar-refractivity contribution in [2.75, 3.05) is 12.4 Å². The molecule has 0 aliphatic rings. The van der Waals surface area contributed by atoms with Gasteiger partial charge < -0.3 is 15.2 Å². The Morgan fingerprint density at radius 1 is 1.33 bits per heavy atom. The molecule has 3 nitrogen and oxygen atoms in total. The summed E-state index contributed by atoms with van der Waals surface area (Å²) in [4.78, 5) is 0. The highest BCUT2D eigenvalue weighted by Crippen LogP contribution is 2.31. The molecule has 0 aliphatic carbocycles. The highest BCUT2D eigenvalue weighted by Gasteiger charge is 2.14. The van der Waals surface area contributed by atoms with Gasteiger partial charge in [-0.1, -0.05) is 22.0 Å². The summed E-state index contributed by atoms with van der Waals surface area (Å²) >= 11 is 3.49. The van der Waals surface area contributed by atoms with Gasteiger partial charge in [0.2, 0.25) is 0 Å². The van der Waals surface area contributed by atoms with Crippen LogP contribution < -0.4 is 5.32 Å². The van der Waals surface area contributed by atoms with E-state index in [0.717, 1.165) is 15.7 Å². The van der Waals surface area contributed by atoms with Crippen LogP contribution in [0.3, 0.4) is 0 Å². The summed E-state index contributed by atoms with van der Waals surface area (Å²) < 4.78 is 19.5. The first kappa shape index (κ1) is 15.8. The molecule has 1 atom stereocenters. The number of hydrogen-bond donors (Lipinski definition) is 2. The fourth-order valence-electron chi connectivity index (χ4n) is 2.17. The highest BCUT2D eigenvalue weighted by atomic mass is 79.9. The van der Waals surface area contributed by atoms with Gasteiger partial charge in [-0.15, -0.1) is 0 Å². The number of nitrogens with one attached hydrogen (secondary N) is 1. The average Bonchev–Trinajstić information content (AvgIpc) is 2.45. The zero-order chi connectivity index (χ0) is 15.4. The Balaban J connectivity index is 2.29. The topological polar surface area (TPSA) is 41.5 Å². The minimum Gasteiger partial charge on any atom is -0.508 e. The van der Waals surface area contributed by atoms with Crippen molar-refractivity contribution in [3.8, 4) is 5.75 Å². The van der Waals surface area contributed by atoms with E-state index in [2.05, 4.69) is 21.2 Å². The quantitative estimate of drug-likeness (QED) is 0.824. The van der Waals surface area contributed by atoms with E-state index in [0.29, 0.717) is 12.2 Å². The van der Waals surface area contributed by atoms with E-state index in [4.69, 9.17) is 4.74 Å². The maximum atomic E-state index is 13.3. The van der Waals surface area contributed by atoms with Crippen molar-refractivity contribution in [1.29, 1.82) is 0 Å². The summed E-state index contributed by atoms with van der Waals surface area (Å²) in [6.07, 6.45) is 0. The number of phenolic OH excluding ortho intramolecular Hbond substituents is 1. The zero-order valence-electron chi connectivity index (χ0n) is 11.9. The van der Waals surface area contributed by atoms with Crippen molar-refractivity contribution in [3.63, 3.8) is 0 Å². The molecule has 0 bridgehead atoms. The summed E-state index contributed by atoms with van der Waals surface area (Å²) in [5.74, 6) is -0.303. The van der Waals surface area contributed by atoms with E-state index < -0.39 is 0 Å². The van der Waals surface area contributed by atoms with E-state index in [1.54, 1.807) is 7.11 Å². The fourth-order valence-corrected chi connectivity index (χ4v) is 2.65. The summed E-state index contributed by atoms with van der Waals surface area (Å²) in [5.41, 5.74) is 2.36. The maximum Gasteiger partial charge on any atom is 0.123 e. The number of phenols is 1. The van der Waals surface area contributed by atoms with Gasteiger partial charge in [0.25, 0.3) is 0 Å². The second kappa shape index (κ2) is 6.91. The third kappa shape index (κ3) is 3.74.